The van der Waals surface area contributed by atoms with Crippen LogP contribution in [-0.4, -0.2) is 57.2 Å². The molecule has 1 aliphatic heterocycles. The summed E-state index contributed by atoms with van der Waals surface area (Å²) >= 11 is 0. The van der Waals surface area contributed by atoms with E-state index < -0.39 is 0 Å². The van der Waals surface area contributed by atoms with E-state index in [2.05, 4.69) is 63.6 Å². The van der Waals surface area contributed by atoms with E-state index in [1.54, 1.807) is 7.11 Å². The fourth-order valence-corrected chi connectivity index (χ4v) is 4.93. The number of rotatable bonds is 7. The van der Waals surface area contributed by atoms with Gasteiger partial charge in [-0.2, -0.15) is 0 Å². The predicted molar refractivity (Wildman–Crippen MR) is 133 cm³/mol. The van der Waals surface area contributed by atoms with Gasteiger partial charge in [0.15, 0.2) is 0 Å². The van der Waals surface area contributed by atoms with Crippen LogP contribution in [0.15, 0.2) is 66.7 Å². The van der Waals surface area contributed by atoms with Gasteiger partial charge in [0.25, 0.3) is 5.91 Å². The number of hydrogen-bond donors (Lipinski definition) is 1. The summed E-state index contributed by atoms with van der Waals surface area (Å²) in [4.78, 5) is 17.6. The first-order chi connectivity index (χ1) is 16.2. The average Bonchev–Trinajstić information content (AvgIpc) is 3.25. The van der Waals surface area contributed by atoms with Gasteiger partial charge in [-0.25, -0.2) is 0 Å². The normalized spacial score (nSPS) is 15.1. The van der Waals surface area contributed by atoms with E-state index >= 15 is 0 Å². The zero-order valence-electron chi connectivity index (χ0n) is 19.2. The number of carbonyl (C=O) groups is 1. The van der Waals surface area contributed by atoms with Crippen molar-refractivity contribution in [1.82, 2.24) is 10.2 Å². The second-order valence-electron chi connectivity index (χ2n) is 8.85. The molecule has 33 heavy (non-hydrogen) atoms. The minimum Gasteiger partial charge on any atom is -0.497 e. The molecule has 5 rings (SSSR count). The molecule has 0 radical (unpaired) electrons. The number of nitrogens with one attached hydrogen (secondary N) is 1. The maximum absolute atomic E-state index is 12.7. The molecule has 3 aromatic carbocycles. The summed E-state index contributed by atoms with van der Waals surface area (Å²) in [5.41, 5.74) is 7.13. The van der Waals surface area contributed by atoms with Gasteiger partial charge in [0.1, 0.15) is 5.75 Å². The molecule has 170 valence electrons. The molecule has 0 unspecified atom stereocenters. The molecule has 1 saturated heterocycles. The summed E-state index contributed by atoms with van der Waals surface area (Å²) in [7, 11) is 1.71. The van der Waals surface area contributed by atoms with Crippen LogP contribution in [0.4, 0.5) is 5.69 Å². The molecule has 2 aliphatic rings. The molecule has 5 heteroatoms. The summed E-state index contributed by atoms with van der Waals surface area (Å²) in [5, 5.41) is 3.11. The lowest BCUT2D eigenvalue weighted by molar-refractivity contribution is 0.0951. The fraction of sp³-hybridized carbons (Fsp3) is 0.321. The number of fused-ring (bicyclic) bond motifs is 3. The number of methoxy groups -OCH3 is 1. The Morgan fingerprint density at radius 3 is 2.58 bits per heavy atom. The van der Waals surface area contributed by atoms with E-state index in [-0.39, 0.29) is 5.91 Å². The summed E-state index contributed by atoms with van der Waals surface area (Å²) in [6, 6.07) is 22.9. The van der Waals surface area contributed by atoms with Crippen molar-refractivity contribution in [3.63, 3.8) is 0 Å². The van der Waals surface area contributed by atoms with Gasteiger partial charge in [0, 0.05) is 50.0 Å². The van der Waals surface area contributed by atoms with Crippen LogP contribution in [-0.2, 0) is 6.42 Å². The lowest BCUT2D eigenvalue weighted by atomic mass is 10.0. The molecule has 1 N–H and O–H groups in total. The number of anilines is 1. The Morgan fingerprint density at radius 2 is 1.73 bits per heavy atom. The SMILES string of the molecule is COc1cccc(N2CCN(CCCNC(=O)c3ccc4c(c3)Cc3ccccc3-4)CC2)c1. The summed E-state index contributed by atoms with van der Waals surface area (Å²) in [6.07, 6.45) is 1.87. The first kappa shape index (κ1) is 21.5. The molecule has 5 nitrogen and oxygen atoms in total. The zero-order chi connectivity index (χ0) is 22.6. The lowest BCUT2D eigenvalue weighted by Gasteiger charge is -2.36. The minimum absolute atomic E-state index is 0.0246. The van der Waals surface area contributed by atoms with Gasteiger partial charge in [-0.15, -0.1) is 0 Å². The van der Waals surface area contributed by atoms with Gasteiger partial charge >= 0.3 is 0 Å². The summed E-state index contributed by atoms with van der Waals surface area (Å²) < 4.78 is 5.35. The standard InChI is InChI=1S/C28H31N3O2/c1-33-25-8-4-7-24(20-25)31-16-14-30(15-17-31)13-5-12-29-28(32)22-10-11-27-23(19-22)18-21-6-2-3-9-26(21)27/h2-4,6-11,19-20H,5,12-18H2,1H3,(H,29,32). The number of amides is 1. The fourth-order valence-electron chi connectivity index (χ4n) is 4.93. The highest BCUT2D eigenvalue weighted by molar-refractivity contribution is 5.95. The minimum atomic E-state index is 0.0246. The molecule has 0 saturated carbocycles. The van der Waals surface area contributed by atoms with Crippen LogP contribution in [0.2, 0.25) is 0 Å². The third kappa shape index (κ3) is 4.74. The molecular weight excluding hydrogens is 410 g/mol. The smallest absolute Gasteiger partial charge is 0.251 e. The lowest BCUT2D eigenvalue weighted by Crippen LogP contribution is -2.47. The molecule has 1 fully saturated rings. The predicted octanol–water partition coefficient (Wildman–Crippen LogP) is 4.21. The van der Waals surface area contributed by atoms with Crippen LogP contribution in [0.1, 0.15) is 27.9 Å². The van der Waals surface area contributed by atoms with Crippen LogP contribution >= 0.6 is 0 Å². The van der Waals surface area contributed by atoms with Crippen molar-refractivity contribution in [2.45, 2.75) is 12.8 Å². The number of ether oxygens (including phenoxy) is 1. The van der Waals surface area contributed by atoms with E-state index in [0.29, 0.717) is 6.54 Å². The van der Waals surface area contributed by atoms with E-state index in [0.717, 1.165) is 56.9 Å². The van der Waals surface area contributed by atoms with E-state index in [4.69, 9.17) is 4.74 Å². The van der Waals surface area contributed by atoms with Gasteiger partial charge in [0.05, 0.1) is 7.11 Å². The first-order valence-electron chi connectivity index (χ1n) is 11.8. The Kier molecular flexibility index (Phi) is 6.31. The second kappa shape index (κ2) is 9.67. The quantitative estimate of drug-likeness (QED) is 0.437. The van der Waals surface area contributed by atoms with Crippen molar-refractivity contribution >= 4 is 11.6 Å². The van der Waals surface area contributed by atoms with Crippen LogP contribution in [0, 0.1) is 0 Å². The topological polar surface area (TPSA) is 44.8 Å². The van der Waals surface area contributed by atoms with E-state index in [1.807, 2.05) is 18.2 Å². The van der Waals surface area contributed by atoms with Crippen molar-refractivity contribution in [2.24, 2.45) is 0 Å². The van der Waals surface area contributed by atoms with Gasteiger partial charge in [-0.05, 0) is 65.9 Å². The number of benzene rings is 3. The van der Waals surface area contributed by atoms with Crippen molar-refractivity contribution < 1.29 is 9.53 Å². The summed E-state index contributed by atoms with van der Waals surface area (Å²) in [5.74, 6) is 0.926. The third-order valence-electron chi connectivity index (χ3n) is 6.78. The van der Waals surface area contributed by atoms with Crippen molar-refractivity contribution in [3.8, 4) is 16.9 Å². The Hall–Kier alpha value is -3.31. The van der Waals surface area contributed by atoms with E-state index in [1.165, 1.54) is 27.9 Å². The molecule has 1 aliphatic carbocycles. The maximum atomic E-state index is 12.7. The van der Waals surface area contributed by atoms with Gasteiger partial charge in [0.2, 0.25) is 0 Å². The van der Waals surface area contributed by atoms with Gasteiger partial charge < -0.3 is 15.0 Å². The van der Waals surface area contributed by atoms with Crippen LogP contribution in [0.3, 0.4) is 0 Å². The monoisotopic (exact) mass is 441 g/mol. The number of piperazine rings is 1. The Balaban J connectivity index is 1.06. The van der Waals surface area contributed by atoms with Crippen LogP contribution in [0.5, 0.6) is 5.75 Å². The van der Waals surface area contributed by atoms with Gasteiger partial charge in [-0.3, -0.25) is 9.69 Å². The van der Waals surface area contributed by atoms with Crippen molar-refractivity contribution in [3.05, 3.63) is 83.4 Å². The highest BCUT2D eigenvalue weighted by Gasteiger charge is 2.20. The number of carbonyl (C=O) groups excluding carboxylic acids is 1. The molecule has 3 aromatic rings. The van der Waals surface area contributed by atoms with E-state index in [9.17, 15) is 4.79 Å². The molecular formula is C28H31N3O2. The highest BCUT2D eigenvalue weighted by atomic mass is 16.5. The average molecular weight is 442 g/mol. The molecule has 0 atom stereocenters. The molecule has 0 aromatic heterocycles. The largest absolute Gasteiger partial charge is 0.497 e. The van der Waals surface area contributed by atoms with Crippen LogP contribution in [0.25, 0.3) is 11.1 Å². The summed E-state index contributed by atoms with van der Waals surface area (Å²) in [6.45, 7) is 5.80. The Morgan fingerprint density at radius 1 is 0.909 bits per heavy atom. The third-order valence-corrected chi connectivity index (χ3v) is 6.78. The molecule has 0 spiro atoms. The molecule has 1 heterocycles. The number of nitrogens with zero attached hydrogens (tertiary/aromatic N) is 2. The molecule has 1 amide bonds. The van der Waals surface area contributed by atoms with Gasteiger partial charge in [-0.1, -0.05) is 36.4 Å². The highest BCUT2D eigenvalue weighted by Crippen LogP contribution is 2.36. The Bertz CT molecular complexity index is 1140. The maximum Gasteiger partial charge on any atom is 0.251 e. The Labute approximate surface area is 196 Å². The van der Waals surface area contributed by atoms with Crippen molar-refractivity contribution in [2.75, 3.05) is 51.3 Å². The van der Waals surface area contributed by atoms with Crippen molar-refractivity contribution in [1.29, 1.82) is 0 Å². The second-order valence-corrected chi connectivity index (χ2v) is 8.85. The number of hydrogen-bond acceptors (Lipinski definition) is 4. The first-order valence-corrected chi connectivity index (χ1v) is 11.8. The van der Waals surface area contributed by atoms with Crippen LogP contribution < -0.4 is 15.0 Å². The zero-order valence-corrected chi connectivity index (χ0v) is 19.2. The molecule has 0 bridgehead atoms.